The van der Waals surface area contributed by atoms with Gasteiger partial charge in [-0.3, -0.25) is 4.79 Å². The molecule has 1 aromatic carbocycles. The molecular formula is C19H26O4. The van der Waals surface area contributed by atoms with E-state index in [0.717, 1.165) is 12.8 Å². The summed E-state index contributed by atoms with van der Waals surface area (Å²) in [6.07, 6.45) is 6.67. The van der Waals surface area contributed by atoms with Crippen molar-refractivity contribution in [2.45, 2.75) is 51.4 Å². The van der Waals surface area contributed by atoms with Gasteiger partial charge in [0.05, 0.1) is 12.7 Å². The molecule has 1 aliphatic rings. The van der Waals surface area contributed by atoms with Crippen molar-refractivity contribution in [3.8, 4) is 0 Å². The van der Waals surface area contributed by atoms with Crippen molar-refractivity contribution in [3.63, 3.8) is 0 Å². The number of hydrogen-bond donors (Lipinski definition) is 1. The van der Waals surface area contributed by atoms with Crippen molar-refractivity contribution in [1.82, 2.24) is 0 Å². The Kier molecular flexibility index (Phi) is 6.37. The van der Waals surface area contributed by atoms with Gasteiger partial charge < -0.3 is 14.6 Å². The predicted molar refractivity (Wildman–Crippen MR) is 89.0 cm³/mol. The zero-order valence-electron chi connectivity index (χ0n) is 13.9. The maximum atomic E-state index is 10.5. The lowest BCUT2D eigenvalue weighted by atomic mass is 9.90. The van der Waals surface area contributed by atoms with Crippen LogP contribution in [0.25, 0.3) is 0 Å². The van der Waals surface area contributed by atoms with Crippen LogP contribution >= 0.6 is 0 Å². The minimum absolute atomic E-state index is 0.0346. The number of carboxylic acid groups (broad SMARTS) is 1. The van der Waals surface area contributed by atoms with Crippen molar-refractivity contribution in [3.05, 3.63) is 48.0 Å². The Balaban J connectivity index is 1.92. The Labute approximate surface area is 138 Å². The second kappa shape index (κ2) is 8.27. The van der Waals surface area contributed by atoms with Gasteiger partial charge in [0.25, 0.3) is 0 Å². The first-order valence-corrected chi connectivity index (χ1v) is 8.21. The number of rotatable bonds is 7. The summed E-state index contributed by atoms with van der Waals surface area (Å²) in [4.78, 5) is 10.5. The van der Waals surface area contributed by atoms with Crippen LogP contribution in [0.3, 0.4) is 0 Å². The van der Waals surface area contributed by atoms with Gasteiger partial charge in [-0.15, -0.1) is 0 Å². The van der Waals surface area contributed by atoms with E-state index in [1.54, 1.807) is 0 Å². The fourth-order valence-corrected chi connectivity index (χ4v) is 2.80. The molecular weight excluding hydrogens is 292 g/mol. The molecule has 0 aliphatic carbocycles. The average molecular weight is 318 g/mol. The van der Waals surface area contributed by atoms with Crippen molar-refractivity contribution in [2.75, 3.05) is 6.61 Å². The molecule has 23 heavy (non-hydrogen) atoms. The Morgan fingerprint density at radius 3 is 2.65 bits per heavy atom. The smallest absolute Gasteiger partial charge is 0.303 e. The molecule has 2 rings (SSSR count). The summed E-state index contributed by atoms with van der Waals surface area (Å²) in [7, 11) is 0. The van der Waals surface area contributed by atoms with Gasteiger partial charge in [-0.1, -0.05) is 42.5 Å². The van der Waals surface area contributed by atoms with Crippen LogP contribution in [0.2, 0.25) is 0 Å². The third kappa shape index (κ3) is 5.81. The first-order valence-electron chi connectivity index (χ1n) is 8.21. The molecule has 4 nitrogen and oxygen atoms in total. The third-order valence-corrected chi connectivity index (χ3v) is 4.01. The normalized spacial score (nSPS) is 23.9. The van der Waals surface area contributed by atoms with Crippen molar-refractivity contribution in [1.29, 1.82) is 0 Å². The Morgan fingerprint density at radius 1 is 1.26 bits per heavy atom. The standard InChI is InChI=1S/C19H26O4/c1-19(2)22-14-16(12-6-3-4-9-13-17(20)21)18(23-19)15-10-7-5-8-11-15/h3-5,7-8,10-11,16,18H,6,9,12-14H2,1-2H3,(H,20,21)/t16-,18-/m1/s1. The largest absolute Gasteiger partial charge is 0.481 e. The first kappa shape index (κ1) is 17.7. The van der Waals surface area contributed by atoms with E-state index < -0.39 is 11.8 Å². The highest BCUT2D eigenvalue weighted by Gasteiger charge is 2.36. The highest BCUT2D eigenvalue weighted by Crippen LogP contribution is 2.38. The van der Waals surface area contributed by atoms with Crippen LogP contribution in [-0.4, -0.2) is 23.5 Å². The summed E-state index contributed by atoms with van der Waals surface area (Å²) < 4.78 is 12.0. The second-order valence-corrected chi connectivity index (χ2v) is 6.40. The minimum atomic E-state index is -0.755. The topological polar surface area (TPSA) is 55.8 Å². The van der Waals surface area contributed by atoms with E-state index in [2.05, 4.69) is 18.2 Å². The third-order valence-electron chi connectivity index (χ3n) is 4.01. The van der Waals surface area contributed by atoms with Crippen LogP contribution in [0.15, 0.2) is 42.5 Å². The van der Waals surface area contributed by atoms with E-state index in [1.165, 1.54) is 5.56 Å². The Bertz CT molecular complexity index is 521. The molecule has 1 heterocycles. The van der Waals surface area contributed by atoms with Crippen molar-refractivity contribution < 1.29 is 19.4 Å². The molecule has 1 aliphatic heterocycles. The van der Waals surface area contributed by atoms with Gasteiger partial charge in [0, 0.05) is 12.3 Å². The Morgan fingerprint density at radius 2 is 1.96 bits per heavy atom. The maximum absolute atomic E-state index is 10.5. The van der Waals surface area contributed by atoms with Crippen LogP contribution in [0, 0.1) is 5.92 Å². The summed E-state index contributed by atoms with van der Waals surface area (Å²) in [6.45, 7) is 4.57. The molecule has 0 radical (unpaired) electrons. The molecule has 2 atom stereocenters. The van der Waals surface area contributed by atoms with Crippen molar-refractivity contribution in [2.24, 2.45) is 5.92 Å². The molecule has 0 amide bonds. The lowest BCUT2D eigenvalue weighted by Crippen LogP contribution is -2.41. The molecule has 0 spiro atoms. The zero-order valence-corrected chi connectivity index (χ0v) is 13.9. The van der Waals surface area contributed by atoms with E-state index in [9.17, 15) is 4.79 Å². The lowest BCUT2D eigenvalue weighted by Gasteiger charge is -2.41. The van der Waals surface area contributed by atoms with Gasteiger partial charge in [-0.2, -0.15) is 0 Å². The van der Waals surface area contributed by atoms with E-state index in [-0.39, 0.29) is 12.5 Å². The summed E-state index contributed by atoms with van der Waals surface area (Å²) in [5.74, 6) is -1.02. The number of ether oxygens (including phenoxy) is 2. The second-order valence-electron chi connectivity index (χ2n) is 6.40. The van der Waals surface area contributed by atoms with Gasteiger partial charge in [0.15, 0.2) is 5.79 Å². The summed E-state index contributed by atoms with van der Waals surface area (Å²) >= 11 is 0. The van der Waals surface area contributed by atoms with Gasteiger partial charge in [-0.05, 0) is 38.7 Å². The molecule has 1 N–H and O–H groups in total. The molecule has 0 saturated carbocycles. The summed E-state index contributed by atoms with van der Waals surface area (Å²) in [6, 6.07) is 10.3. The van der Waals surface area contributed by atoms with Gasteiger partial charge in [0.2, 0.25) is 0 Å². The number of allylic oxidation sites excluding steroid dienone is 2. The lowest BCUT2D eigenvalue weighted by molar-refractivity contribution is -0.296. The molecule has 4 heteroatoms. The van der Waals surface area contributed by atoms with Crippen LogP contribution in [-0.2, 0) is 14.3 Å². The Hall–Kier alpha value is -1.65. The molecule has 1 aromatic rings. The minimum Gasteiger partial charge on any atom is -0.481 e. The number of benzene rings is 1. The fraction of sp³-hybridized carbons (Fsp3) is 0.526. The van der Waals surface area contributed by atoms with E-state index in [4.69, 9.17) is 14.6 Å². The average Bonchev–Trinajstić information content (AvgIpc) is 2.52. The molecule has 0 bridgehead atoms. The predicted octanol–water partition coefficient (Wildman–Crippen LogP) is 4.33. The highest BCUT2D eigenvalue weighted by atomic mass is 16.7. The molecule has 0 aromatic heterocycles. The molecule has 1 fully saturated rings. The number of carbonyl (C=O) groups is 1. The van der Waals surface area contributed by atoms with E-state index in [1.807, 2.05) is 38.1 Å². The van der Waals surface area contributed by atoms with E-state index >= 15 is 0 Å². The summed E-state index contributed by atoms with van der Waals surface area (Å²) in [5, 5.41) is 8.62. The van der Waals surface area contributed by atoms with Gasteiger partial charge >= 0.3 is 5.97 Å². The molecule has 126 valence electrons. The molecule has 0 unspecified atom stereocenters. The number of aliphatic carboxylic acids is 1. The van der Waals surface area contributed by atoms with Crippen LogP contribution in [0.1, 0.15) is 51.2 Å². The van der Waals surface area contributed by atoms with E-state index in [0.29, 0.717) is 18.9 Å². The SMILES string of the molecule is CC1(C)OC[C@@H](CCC=CCCC(=O)O)[C@@H](c2ccccc2)O1. The van der Waals surface area contributed by atoms with Crippen molar-refractivity contribution >= 4 is 5.97 Å². The van der Waals surface area contributed by atoms with Gasteiger partial charge in [-0.25, -0.2) is 0 Å². The fourth-order valence-electron chi connectivity index (χ4n) is 2.80. The first-order chi connectivity index (χ1) is 11.0. The monoisotopic (exact) mass is 318 g/mol. The van der Waals surface area contributed by atoms with Crippen LogP contribution < -0.4 is 0 Å². The van der Waals surface area contributed by atoms with Gasteiger partial charge in [0.1, 0.15) is 0 Å². The van der Waals surface area contributed by atoms with Crippen LogP contribution in [0.4, 0.5) is 0 Å². The quantitative estimate of drug-likeness (QED) is 0.760. The number of hydrogen-bond acceptors (Lipinski definition) is 3. The summed E-state index contributed by atoms with van der Waals surface area (Å²) in [5.41, 5.74) is 1.18. The maximum Gasteiger partial charge on any atom is 0.303 e. The molecule has 1 saturated heterocycles. The zero-order chi connectivity index (χ0) is 16.7. The van der Waals surface area contributed by atoms with Crippen LogP contribution in [0.5, 0.6) is 0 Å². The highest BCUT2D eigenvalue weighted by molar-refractivity contribution is 5.66. The number of carboxylic acids is 1.